The van der Waals surface area contributed by atoms with Crippen molar-refractivity contribution in [3.8, 4) is 0 Å². The number of carbonyl (C=O) groups is 1. The van der Waals surface area contributed by atoms with E-state index in [0.29, 0.717) is 12.0 Å². The van der Waals surface area contributed by atoms with E-state index in [1.807, 2.05) is 6.92 Å². The van der Waals surface area contributed by atoms with E-state index in [0.717, 1.165) is 6.42 Å². The van der Waals surface area contributed by atoms with Crippen LogP contribution in [0.5, 0.6) is 0 Å². The molecule has 0 fully saturated rings. The predicted molar refractivity (Wildman–Crippen MR) is 70.2 cm³/mol. The van der Waals surface area contributed by atoms with E-state index in [1.165, 1.54) is 0 Å². The first-order chi connectivity index (χ1) is 8.46. The Morgan fingerprint density at radius 1 is 1.33 bits per heavy atom. The maximum atomic E-state index is 11.8. The van der Waals surface area contributed by atoms with Gasteiger partial charge in [0.05, 0.1) is 5.75 Å². The average molecular weight is 270 g/mol. The number of unbranched alkanes of at least 4 members (excludes halogenated alkanes) is 1. The smallest absolute Gasteiger partial charge is 0.240 e. The summed E-state index contributed by atoms with van der Waals surface area (Å²) in [6.45, 7) is 1.90. The Morgan fingerprint density at radius 2 is 1.94 bits per heavy atom. The van der Waals surface area contributed by atoms with Crippen molar-refractivity contribution in [1.29, 1.82) is 0 Å². The third kappa shape index (κ3) is 4.46. The number of hydrogen-bond donors (Lipinski definition) is 2. The Bertz CT molecular complexity index is 485. The molecular weight excluding hydrogens is 252 g/mol. The second-order valence-corrected chi connectivity index (χ2v) is 5.91. The summed E-state index contributed by atoms with van der Waals surface area (Å²) in [6, 6.07) is 7.56. The molecule has 18 heavy (non-hydrogen) atoms. The number of nitrogens with two attached hydrogens (primary N) is 1. The molecule has 100 valence electrons. The lowest BCUT2D eigenvalue weighted by molar-refractivity contribution is -0.119. The Kier molecular flexibility index (Phi) is 5.30. The monoisotopic (exact) mass is 270 g/mol. The number of rotatable bonds is 7. The van der Waals surface area contributed by atoms with Crippen LogP contribution in [0.2, 0.25) is 0 Å². The van der Waals surface area contributed by atoms with Gasteiger partial charge in [-0.3, -0.25) is 4.79 Å². The molecule has 0 radical (unpaired) electrons. The highest BCUT2D eigenvalue weighted by Crippen LogP contribution is 2.13. The molecule has 6 heteroatoms. The molecule has 0 saturated carbocycles. The number of primary amides is 1. The summed E-state index contributed by atoms with van der Waals surface area (Å²) in [5, 5.41) is 0. The van der Waals surface area contributed by atoms with Crippen molar-refractivity contribution < 1.29 is 13.2 Å². The normalized spacial score (nSPS) is 13.2. The maximum absolute atomic E-state index is 11.8. The minimum atomic E-state index is -3.49. The highest BCUT2D eigenvalue weighted by atomic mass is 32.2. The first-order valence-electron chi connectivity index (χ1n) is 5.80. The predicted octanol–water partition coefficient (Wildman–Crippen LogP) is 0.933. The standard InChI is InChI=1S/C12H18N2O3S/c1-2-3-9-18(16,17)14-11(12(13)15)10-7-5-4-6-8-10/h4-8,11,14H,2-3,9H2,1H3,(H2,13,15)/t11-/m1/s1. The molecule has 0 bridgehead atoms. The fourth-order valence-corrected chi connectivity index (χ4v) is 2.91. The minimum Gasteiger partial charge on any atom is -0.368 e. The minimum absolute atomic E-state index is 0.000113. The number of hydrogen-bond acceptors (Lipinski definition) is 3. The van der Waals surface area contributed by atoms with Gasteiger partial charge >= 0.3 is 0 Å². The summed E-state index contributed by atoms with van der Waals surface area (Å²) in [4.78, 5) is 11.3. The molecule has 0 aliphatic heterocycles. The molecule has 5 nitrogen and oxygen atoms in total. The van der Waals surface area contributed by atoms with E-state index in [1.54, 1.807) is 30.3 Å². The molecule has 1 aromatic rings. The molecule has 1 aromatic carbocycles. The van der Waals surface area contributed by atoms with E-state index in [2.05, 4.69) is 4.72 Å². The lowest BCUT2D eigenvalue weighted by Gasteiger charge is -2.15. The summed E-state index contributed by atoms with van der Waals surface area (Å²) >= 11 is 0. The lowest BCUT2D eigenvalue weighted by atomic mass is 10.1. The highest BCUT2D eigenvalue weighted by molar-refractivity contribution is 7.89. The Hall–Kier alpha value is -1.40. The van der Waals surface area contributed by atoms with Crippen LogP contribution >= 0.6 is 0 Å². The van der Waals surface area contributed by atoms with Gasteiger partial charge in [0, 0.05) is 0 Å². The molecule has 1 amide bonds. The fourth-order valence-electron chi connectivity index (χ4n) is 1.51. The Morgan fingerprint density at radius 3 is 2.44 bits per heavy atom. The van der Waals surface area contributed by atoms with Crippen LogP contribution in [-0.2, 0) is 14.8 Å². The van der Waals surface area contributed by atoms with Gasteiger partial charge in [-0.2, -0.15) is 4.72 Å². The molecule has 1 rings (SSSR count). The molecule has 0 heterocycles. The van der Waals surface area contributed by atoms with Crippen LogP contribution in [0, 0.1) is 0 Å². The first-order valence-corrected chi connectivity index (χ1v) is 7.46. The molecule has 0 aromatic heterocycles. The van der Waals surface area contributed by atoms with Crippen LogP contribution in [-0.4, -0.2) is 20.1 Å². The van der Waals surface area contributed by atoms with Gasteiger partial charge in [-0.15, -0.1) is 0 Å². The lowest BCUT2D eigenvalue weighted by Crippen LogP contribution is -2.38. The number of nitrogens with one attached hydrogen (secondary N) is 1. The van der Waals surface area contributed by atoms with Gasteiger partial charge in [-0.1, -0.05) is 43.7 Å². The van der Waals surface area contributed by atoms with E-state index < -0.39 is 22.0 Å². The zero-order chi connectivity index (χ0) is 13.6. The van der Waals surface area contributed by atoms with E-state index in [4.69, 9.17) is 5.73 Å². The topological polar surface area (TPSA) is 89.3 Å². The van der Waals surface area contributed by atoms with E-state index in [-0.39, 0.29) is 5.75 Å². The fraction of sp³-hybridized carbons (Fsp3) is 0.417. The Labute approximate surface area is 107 Å². The third-order valence-electron chi connectivity index (χ3n) is 2.48. The summed E-state index contributed by atoms with van der Waals surface area (Å²) in [5.74, 6) is -0.707. The van der Waals surface area contributed by atoms with Crippen molar-refractivity contribution >= 4 is 15.9 Å². The van der Waals surface area contributed by atoms with Crippen LogP contribution in [0.15, 0.2) is 30.3 Å². The van der Waals surface area contributed by atoms with Crippen molar-refractivity contribution in [3.63, 3.8) is 0 Å². The van der Waals surface area contributed by atoms with Gasteiger partial charge in [0.1, 0.15) is 6.04 Å². The average Bonchev–Trinajstić information content (AvgIpc) is 2.34. The Balaban J connectivity index is 2.86. The van der Waals surface area contributed by atoms with E-state index >= 15 is 0 Å². The van der Waals surface area contributed by atoms with Crippen molar-refractivity contribution in [1.82, 2.24) is 4.72 Å². The number of amides is 1. The maximum Gasteiger partial charge on any atom is 0.240 e. The molecule has 0 unspecified atom stereocenters. The van der Waals surface area contributed by atoms with Crippen molar-refractivity contribution in [2.24, 2.45) is 5.73 Å². The van der Waals surface area contributed by atoms with Crippen LogP contribution in [0.4, 0.5) is 0 Å². The number of carbonyl (C=O) groups excluding carboxylic acids is 1. The van der Waals surface area contributed by atoms with Gasteiger partial charge < -0.3 is 5.73 Å². The van der Waals surface area contributed by atoms with Crippen molar-refractivity contribution in [2.45, 2.75) is 25.8 Å². The second-order valence-electron chi connectivity index (χ2n) is 4.04. The van der Waals surface area contributed by atoms with Gasteiger partial charge in [0.25, 0.3) is 0 Å². The zero-order valence-corrected chi connectivity index (χ0v) is 11.1. The summed E-state index contributed by atoms with van der Waals surface area (Å²) in [5.41, 5.74) is 5.79. The van der Waals surface area contributed by atoms with Gasteiger partial charge in [0.2, 0.25) is 15.9 Å². The zero-order valence-electron chi connectivity index (χ0n) is 10.3. The molecule has 1 atom stereocenters. The molecule has 0 spiro atoms. The highest BCUT2D eigenvalue weighted by Gasteiger charge is 2.23. The van der Waals surface area contributed by atoms with E-state index in [9.17, 15) is 13.2 Å². The number of sulfonamides is 1. The third-order valence-corrected chi connectivity index (χ3v) is 3.90. The van der Waals surface area contributed by atoms with Crippen LogP contribution in [0.1, 0.15) is 31.4 Å². The molecule has 3 N–H and O–H groups in total. The molecule has 0 saturated heterocycles. The van der Waals surface area contributed by atoms with Gasteiger partial charge in [-0.25, -0.2) is 8.42 Å². The van der Waals surface area contributed by atoms with Crippen LogP contribution in [0.25, 0.3) is 0 Å². The summed E-state index contributed by atoms with van der Waals surface area (Å²) < 4.78 is 25.9. The van der Waals surface area contributed by atoms with Crippen LogP contribution in [0.3, 0.4) is 0 Å². The number of benzene rings is 1. The molecule has 0 aliphatic carbocycles. The molecule has 0 aliphatic rings. The van der Waals surface area contributed by atoms with Gasteiger partial charge in [0.15, 0.2) is 0 Å². The molecular formula is C12H18N2O3S. The van der Waals surface area contributed by atoms with Gasteiger partial charge in [-0.05, 0) is 12.0 Å². The quantitative estimate of drug-likeness (QED) is 0.772. The van der Waals surface area contributed by atoms with Crippen molar-refractivity contribution in [3.05, 3.63) is 35.9 Å². The summed E-state index contributed by atoms with van der Waals surface area (Å²) in [6.07, 6.45) is 1.32. The second kappa shape index (κ2) is 6.51. The van der Waals surface area contributed by atoms with Crippen molar-refractivity contribution in [2.75, 3.05) is 5.75 Å². The SMILES string of the molecule is CCCCS(=O)(=O)N[C@@H](C(N)=O)c1ccccc1. The van der Waals surface area contributed by atoms with Crippen LogP contribution < -0.4 is 10.5 Å². The first kappa shape index (κ1) is 14.7. The largest absolute Gasteiger partial charge is 0.368 e. The summed E-state index contributed by atoms with van der Waals surface area (Å²) in [7, 11) is -3.49.